The summed E-state index contributed by atoms with van der Waals surface area (Å²) in [4.78, 5) is 46.5. The Balaban J connectivity index is 1.46. The van der Waals surface area contributed by atoms with Crippen molar-refractivity contribution in [2.75, 3.05) is 21.7 Å². The standard InChI is InChI=1S/C25H17F4N5O4/c1-2-13-7-15(9-18(26)22(13)38-19-5-6-31-23-17(19)3-4-20(35)32-23)34-21(36)12-33(24(34)37)16-8-14(10-30-11-16)25(27,28)29/h2,5-11H,1,3-4,12H2,(H,31,32,35). The van der Waals surface area contributed by atoms with Gasteiger partial charge in [0, 0.05) is 36.0 Å². The molecular formula is C25H17F4N5O4. The van der Waals surface area contributed by atoms with Crippen LogP contribution in [-0.4, -0.2) is 34.4 Å². The second-order valence-corrected chi connectivity index (χ2v) is 8.36. The molecule has 1 saturated heterocycles. The second-order valence-electron chi connectivity index (χ2n) is 8.36. The number of imide groups is 1. The normalized spacial score (nSPS) is 15.4. The van der Waals surface area contributed by atoms with Gasteiger partial charge >= 0.3 is 12.2 Å². The number of benzene rings is 1. The molecule has 0 atom stereocenters. The third kappa shape index (κ3) is 4.42. The van der Waals surface area contributed by atoms with Crippen LogP contribution in [-0.2, 0) is 22.2 Å². The van der Waals surface area contributed by atoms with Crippen LogP contribution in [0.1, 0.15) is 23.1 Å². The molecule has 3 aromatic rings. The zero-order valence-electron chi connectivity index (χ0n) is 19.4. The number of hydrogen-bond acceptors (Lipinski definition) is 6. The Morgan fingerprint density at radius 2 is 1.87 bits per heavy atom. The van der Waals surface area contributed by atoms with Gasteiger partial charge in [0.25, 0.3) is 5.91 Å². The summed E-state index contributed by atoms with van der Waals surface area (Å²) in [6.07, 6.45) is 0.0882. The van der Waals surface area contributed by atoms with Crippen molar-refractivity contribution in [2.24, 2.45) is 0 Å². The second kappa shape index (κ2) is 9.25. The highest BCUT2D eigenvalue weighted by Gasteiger charge is 2.40. The summed E-state index contributed by atoms with van der Waals surface area (Å²) in [7, 11) is 0. The molecule has 0 radical (unpaired) electrons. The molecule has 4 heterocycles. The van der Waals surface area contributed by atoms with Crippen molar-refractivity contribution in [3.63, 3.8) is 0 Å². The number of ether oxygens (including phenoxy) is 1. The Labute approximate surface area is 212 Å². The molecule has 1 fully saturated rings. The minimum absolute atomic E-state index is 0.102. The lowest BCUT2D eigenvalue weighted by Crippen LogP contribution is -2.33. The van der Waals surface area contributed by atoms with Crippen molar-refractivity contribution < 1.29 is 36.7 Å². The molecule has 2 aliphatic heterocycles. The van der Waals surface area contributed by atoms with Crippen LogP contribution in [0.5, 0.6) is 11.5 Å². The first kappa shape index (κ1) is 24.9. The number of alkyl halides is 3. The summed E-state index contributed by atoms with van der Waals surface area (Å²) in [6, 6.07) is 3.43. The average molecular weight is 527 g/mol. The molecule has 194 valence electrons. The number of urea groups is 1. The molecule has 1 aromatic carbocycles. The van der Waals surface area contributed by atoms with Gasteiger partial charge in [0.05, 0.1) is 23.1 Å². The molecule has 0 saturated carbocycles. The predicted molar refractivity (Wildman–Crippen MR) is 127 cm³/mol. The van der Waals surface area contributed by atoms with Crippen LogP contribution >= 0.6 is 0 Å². The Hall–Kier alpha value is -4.81. The van der Waals surface area contributed by atoms with Crippen molar-refractivity contribution >= 4 is 41.1 Å². The van der Waals surface area contributed by atoms with E-state index in [1.165, 1.54) is 24.4 Å². The van der Waals surface area contributed by atoms with Gasteiger partial charge in [0.15, 0.2) is 11.6 Å². The fourth-order valence-electron chi connectivity index (χ4n) is 4.14. The van der Waals surface area contributed by atoms with E-state index < -0.39 is 36.0 Å². The maximum absolute atomic E-state index is 15.3. The third-order valence-electron chi connectivity index (χ3n) is 5.95. The zero-order chi connectivity index (χ0) is 27.2. The highest BCUT2D eigenvalue weighted by atomic mass is 19.4. The van der Waals surface area contributed by atoms with Gasteiger partial charge in [0.2, 0.25) is 5.91 Å². The number of carbonyl (C=O) groups excluding carboxylic acids is 3. The van der Waals surface area contributed by atoms with E-state index in [9.17, 15) is 27.6 Å². The zero-order valence-corrected chi connectivity index (χ0v) is 19.4. The van der Waals surface area contributed by atoms with E-state index in [0.29, 0.717) is 35.0 Å². The molecule has 1 N–H and O–H groups in total. The van der Waals surface area contributed by atoms with Crippen molar-refractivity contribution in [1.29, 1.82) is 0 Å². The van der Waals surface area contributed by atoms with Gasteiger partial charge in [0.1, 0.15) is 18.1 Å². The smallest absolute Gasteiger partial charge is 0.417 e. The number of pyridine rings is 2. The predicted octanol–water partition coefficient (Wildman–Crippen LogP) is 4.93. The van der Waals surface area contributed by atoms with Crippen LogP contribution in [0.3, 0.4) is 0 Å². The van der Waals surface area contributed by atoms with Crippen molar-refractivity contribution in [3.05, 3.63) is 71.9 Å². The van der Waals surface area contributed by atoms with Crippen LogP contribution in [0.15, 0.2) is 49.4 Å². The largest absolute Gasteiger partial charge is 0.453 e. The molecule has 38 heavy (non-hydrogen) atoms. The average Bonchev–Trinajstić information content (AvgIpc) is 3.18. The van der Waals surface area contributed by atoms with E-state index in [1.54, 1.807) is 0 Å². The van der Waals surface area contributed by atoms with Crippen molar-refractivity contribution in [2.45, 2.75) is 19.0 Å². The summed E-state index contributed by atoms with van der Waals surface area (Å²) < 4.78 is 60.4. The summed E-state index contributed by atoms with van der Waals surface area (Å²) in [5, 5.41) is 2.62. The number of carbonyl (C=O) groups is 3. The molecule has 2 aromatic heterocycles. The van der Waals surface area contributed by atoms with E-state index in [2.05, 4.69) is 21.9 Å². The lowest BCUT2D eigenvalue weighted by atomic mass is 10.1. The van der Waals surface area contributed by atoms with Gasteiger partial charge < -0.3 is 10.1 Å². The number of rotatable bonds is 5. The lowest BCUT2D eigenvalue weighted by Gasteiger charge is -2.21. The van der Waals surface area contributed by atoms with Crippen LogP contribution in [0.25, 0.3) is 6.08 Å². The summed E-state index contributed by atoms with van der Waals surface area (Å²) >= 11 is 0. The molecule has 0 aliphatic carbocycles. The molecule has 13 heteroatoms. The number of nitrogens with one attached hydrogen (secondary N) is 1. The number of halogens is 4. The fourth-order valence-corrected chi connectivity index (χ4v) is 4.14. The molecule has 4 amide bonds. The van der Waals surface area contributed by atoms with Gasteiger partial charge in [-0.3, -0.25) is 19.5 Å². The van der Waals surface area contributed by atoms with Crippen molar-refractivity contribution in [1.82, 2.24) is 9.97 Å². The van der Waals surface area contributed by atoms with Crippen LogP contribution in [0.4, 0.5) is 39.5 Å². The summed E-state index contributed by atoms with van der Waals surface area (Å²) in [5.41, 5.74) is -0.815. The van der Waals surface area contributed by atoms with Gasteiger partial charge in [-0.1, -0.05) is 12.7 Å². The minimum atomic E-state index is -4.70. The lowest BCUT2D eigenvalue weighted by molar-refractivity contribution is -0.137. The number of nitrogens with zero attached hydrogens (tertiary/aromatic N) is 4. The number of aromatic nitrogens is 2. The Bertz CT molecular complexity index is 1510. The number of amides is 4. The first-order chi connectivity index (χ1) is 18.1. The maximum atomic E-state index is 15.3. The maximum Gasteiger partial charge on any atom is 0.417 e. The molecule has 9 nitrogen and oxygen atoms in total. The Morgan fingerprint density at radius 3 is 2.61 bits per heavy atom. The summed E-state index contributed by atoms with van der Waals surface area (Å²) in [5.74, 6) is -1.61. The fraction of sp³-hybridized carbons (Fsp3) is 0.160. The van der Waals surface area contributed by atoms with Gasteiger partial charge in [-0.05, 0) is 24.6 Å². The quantitative estimate of drug-likeness (QED) is 0.373. The minimum Gasteiger partial charge on any atom is -0.453 e. The Morgan fingerprint density at radius 1 is 1.08 bits per heavy atom. The summed E-state index contributed by atoms with van der Waals surface area (Å²) in [6.45, 7) is 3.07. The number of fused-ring (bicyclic) bond motifs is 1. The van der Waals surface area contributed by atoms with Gasteiger partial charge in [-0.25, -0.2) is 19.1 Å². The molecule has 0 bridgehead atoms. The van der Waals surface area contributed by atoms with E-state index >= 15 is 4.39 Å². The first-order valence-corrected chi connectivity index (χ1v) is 11.1. The molecule has 5 rings (SSSR count). The van der Waals surface area contributed by atoms with Crippen LogP contribution in [0, 0.1) is 5.82 Å². The van der Waals surface area contributed by atoms with E-state index in [0.717, 1.165) is 17.2 Å². The molecule has 0 spiro atoms. The van der Waals surface area contributed by atoms with E-state index in [4.69, 9.17) is 4.74 Å². The number of anilines is 3. The monoisotopic (exact) mass is 527 g/mol. The highest BCUT2D eigenvalue weighted by Crippen LogP contribution is 2.39. The van der Waals surface area contributed by atoms with Gasteiger partial charge in [-0.15, -0.1) is 0 Å². The van der Waals surface area contributed by atoms with Crippen LogP contribution in [0.2, 0.25) is 0 Å². The molecular weight excluding hydrogens is 510 g/mol. The topological polar surface area (TPSA) is 105 Å². The highest BCUT2D eigenvalue weighted by molar-refractivity contribution is 6.27. The van der Waals surface area contributed by atoms with E-state index in [-0.39, 0.29) is 40.8 Å². The van der Waals surface area contributed by atoms with Crippen LogP contribution < -0.4 is 19.9 Å². The molecule has 2 aliphatic rings. The van der Waals surface area contributed by atoms with E-state index in [1.807, 2.05) is 0 Å². The first-order valence-electron chi connectivity index (χ1n) is 11.1. The van der Waals surface area contributed by atoms with Crippen molar-refractivity contribution in [3.8, 4) is 11.5 Å². The molecule has 0 unspecified atom stereocenters. The Kier molecular flexibility index (Phi) is 6.05. The SMILES string of the molecule is C=Cc1cc(N2C(=O)CN(c3cncc(C(F)(F)F)c3)C2=O)cc(F)c1Oc1ccnc2c1CCC(=O)N2. The number of hydrogen-bond donors (Lipinski definition) is 1. The van der Waals surface area contributed by atoms with Gasteiger partial charge in [-0.2, -0.15) is 13.2 Å². The third-order valence-corrected chi connectivity index (χ3v) is 5.95.